The Morgan fingerprint density at radius 3 is 2.45 bits per heavy atom. The Labute approximate surface area is 187 Å². The van der Waals surface area contributed by atoms with Crippen LogP contribution in [0.15, 0.2) is 77.4 Å². The van der Waals surface area contributed by atoms with Gasteiger partial charge in [-0.2, -0.15) is 4.98 Å². The molecule has 0 unspecified atom stereocenters. The molecule has 10 heteroatoms. The Kier molecular flexibility index (Phi) is 6.16. The lowest BCUT2D eigenvalue weighted by molar-refractivity contribution is -0.274. The second kappa shape index (κ2) is 9.19. The minimum Gasteiger partial charge on any atom is -0.406 e. The molecule has 4 aromatic rings. The number of alkyl halides is 3. The van der Waals surface area contributed by atoms with E-state index in [9.17, 15) is 18.0 Å². The second-order valence-corrected chi connectivity index (χ2v) is 6.99. The summed E-state index contributed by atoms with van der Waals surface area (Å²) in [6, 6.07) is 18.0. The van der Waals surface area contributed by atoms with Gasteiger partial charge in [0.05, 0.1) is 0 Å². The lowest BCUT2D eigenvalue weighted by atomic mass is 10.2. The zero-order chi connectivity index (χ0) is 23.4. The Balaban J connectivity index is 1.51. The highest BCUT2D eigenvalue weighted by molar-refractivity contribution is 5.93. The number of para-hydroxylation sites is 1. The maximum absolute atomic E-state index is 12.9. The third-order valence-corrected chi connectivity index (χ3v) is 4.81. The molecular weight excluding hydrogens is 437 g/mol. The largest absolute Gasteiger partial charge is 0.573 e. The minimum atomic E-state index is -4.77. The topological polar surface area (TPSA) is 73.4 Å². The second-order valence-electron chi connectivity index (χ2n) is 6.99. The summed E-state index contributed by atoms with van der Waals surface area (Å²) in [6.07, 6.45) is -3.03. The first-order valence-corrected chi connectivity index (χ1v) is 10.0. The molecule has 0 spiro atoms. The van der Waals surface area contributed by atoms with Crippen LogP contribution in [0.5, 0.6) is 5.75 Å². The van der Waals surface area contributed by atoms with E-state index in [1.807, 2.05) is 37.3 Å². The van der Waals surface area contributed by atoms with Crippen LogP contribution in [0, 0.1) is 0 Å². The molecule has 0 aliphatic carbocycles. The number of hydrogen-bond donors (Lipinski definition) is 0. The maximum Gasteiger partial charge on any atom is 0.573 e. The molecule has 0 aliphatic rings. The lowest BCUT2D eigenvalue weighted by Crippen LogP contribution is -2.33. The van der Waals surface area contributed by atoms with Crippen LogP contribution in [0.2, 0.25) is 0 Å². The molecule has 0 atom stereocenters. The number of ether oxygens (including phenoxy) is 1. The van der Waals surface area contributed by atoms with E-state index in [1.165, 1.54) is 24.3 Å². The van der Waals surface area contributed by atoms with Crippen molar-refractivity contribution in [3.8, 4) is 28.7 Å². The van der Waals surface area contributed by atoms with Gasteiger partial charge < -0.3 is 18.7 Å². The van der Waals surface area contributed by atoms with E-state index in [0.29, 0.717) is 17.8 Å². The quantitative estimate of drug-likeness (QED) is 0.384. The van der Waals surface area contributed by atoms with E-state index in [1.54, 1.807) is 27.8 Å². The molecule has 1 amide bonds. The van der Waals surface area contributed by atoms with Gasteiger partial charge in [0.15, 0.2) is 0 Å². The van der Waals surface area contributed by atoms with Gasteiger partial charge in [0, 0.05) is 24.0 Å². The van der Waals surface area contributed by atoms with Crippen molar-refractivity contribution in [1.82, 2.24) is 14.7 Å². The van der Waals surface area contributed by atoms with Crippen molar-refractivity contribution < 1.29 is 27.2 Å². The first-order valence-electron chi connectivity index (χ1n) is 10.0. The number of nitrogens with zero attached hydrogens (tertiary/aromatic N) is 4. The van der Waals surface area contributed by atoms with Crippen molar-refractivity contribution in [2.45, 2.75) is 19.8 Å². The van der Waals surface area contributed by atoms with Crippen molar-refractivity contribution in [3.05, 3.63) is 72.9 Å². The molecule has 4 rings (SSSR count). The predicted octanol–water partition coefficient (Wildman–Crippen LogP) is 5.16. The highest BCUT2D eigenvalue weighted by atomic mass is 19.4. The number of benzene rings is 2. The molecule has 0 aliphatic heterocycles. The molecule has 2 heterocycles. The number of halogens is 3. The number of aromatic nitrogens is 3. The minimum absolute atomic E-state index is 0.0618. The van der Waals surface area contributed by atoms with Crippen LogP contribution in [0.3, 0.4) is 0 Å². The van der Waals surface area contributed by atoms with E-state index < -0.39 is 6.36 Å². The molecule has 33 heavy (non-hydrogen) atoms. The van der Waals surface area contributed by atoms with Crippen molar-refractivity contribution in [3.63, 3.8) is 0 Å². The van der Waals surface area contributed by atoms with Crippen molar-refractivity contribution >= 4 is 11.6 Å². The number of rotatable bonds is 7. The van der Waals surface area contributed by atoms with Gasteiger partial charge in [-0.25, -0.2) is 0 Å². The standard InChI is InChI=1S/C23H19F3N4O3/c1-2-30(17-7-4-3-5-8-17)20(31)15-29-14-6-9-19(29)22-27-21(28-33-22)16-10-12-18(13-11-16)32-23(24,25)26/h3-14H,2,15H2,1H3. The number of likely N-dealkylation sites (N-methyl/N-ethyl adjacent to an activating group) is 1. The highest BCUT2D eigenvalue weighted by Gasteiger charge is 2.31. The molecule has 2 aromatic heterocycles. The number of carbonyl (C=O) groups is 1. The summed E-state index contributed by atoms with van der Waals surface area (Å²) in [5.41, 5.74) is 1.80. The molecular formula is C23H19F3N4O3. The number of carbonyl (C=O) groups excluding carboxylic acids is 1. The Morgan fingerprint density at radius 1 is 1.06 bits per heavy atom. The monoisotopic (exact) mass is 456 g/mol. The average Bonchev–Trinajstić information content (AvgIpc) is 3.44. The molecule has 0 N–H and O–H groups in total. The summed E-state index contributed by atoms with van der Waals surface area (Å²) in [5, 5.41) is 3.91. The van der Waals surface area contributed by atoms with E-state index in [4.69, 9.17) is 4.52 Å². The van der Waals surface area contributed by atoms with Crippen LogP contribution in [-0.4, -0.2) is 33.5 Å². The van der Waals surface area contributed by atoms with Crippen LogP contribution in [0.4, 0.5) is 18.9 Å². The number of hydrogen-bond acceptors (Lipinski definition) is 5. The van der Waals surface area contributed by atoms with Crippen LogP contribution >= 0.6 is 0 Å². The molecule has 0 saturated carbocycles. The van der Waals surface area contributed by atoms with Gasteiger partial charge in [-0.3, -0.25) is 4.79 Å². The summed E-state index contributed by atoms with van der Waals surface area (Å²) in [4.78, 5) is 18.9. The fourth-order valence-corrected chi connectivity index (χ4v) is 3.34. The van der Waals surface area contributed by atoms with Gasteiger partial charge in [-0.1, -0.05) is 23.4 Å². The normalized spacial score (nSPS) is 11.4. The predicted molar refractivity (Wildman–Crippen MR) is 114 cm³/mol. The van der Waals surface area contributed by atoms with E-state index >= 15 is 0 Å². The Bertz CT molecular complexity index is 1220. The Morgan fingerprint density at radius 2 is 1.79 bits per heavy atom. The molecule has 2 aromatic carbocycles. The first-order chi connectivity index (χ1) is 15.8. The van der Waals surface area contributed by atoms with Crippen molar-refractivity contribution in [1.29, 1.82) is 0 Å². The summed E-state index contributed by atoms with van der Waals surface area (Å²) >= 11 is 0. The average molecular weight is 456 g/mol. The van der Waals surface area contributed by atoms with Gasteiger partial charge in [0.2, 0.25) is 11.7 Å². The maximum atomic E-state index is 12.9. The fraction of sp³-hybridized carbons (Fsp3) is 0.174. The Hall–Kier alpha value is -4.08. The molecule has 0 fully saturated rings. The van der Waals surface area contributed by atoms with Gasteiger partial charge in [0.25, 0.3) is 5.89 Å². The molecule has 0 bridgehead atoms. The van der Waals surface area contributed by atoms with Crippen LogP contribution in [0.1, 0.15) is 6.92 Å². The number of amides is 1. The molecule has 0 saturated heterocycles. The third-order valence-electron chi connectivity index (χ3n) is 4.81. The zero-order valence-electron chi connectivity index (χ0n) is 17.5. The molecule has 7 nitrogen and oxygen atoms in total. The van der Waals surface area contributed by atoms with Crippen molar-refractivity contribution in [2.24, 2.45) is 0 Å². The van der Waals surface area contributed by atoms with Gasteiger partial charge in [0.1, 0.15) is 18.0 Å². The van der Waals surface area contributed by atoms with Gasteiger partial charge in [-0.05, 0) is 55.5 Å². The summed E-state index contributed by atoms with van der Waals surface area (Å²) in [7, 11) is 0. The van der Waals surface area contributed by atoms with Crippen molar-refractivity contribution in [2.75, 3.05) is 11.4 Å². The number of anilines is 1. The highest BCUT2D eigenvalue weighted by Crippen LogP contribution is 2.27. The molecule has 0 radical (unpaired) electrons. The van der Waals surface area contributed by atoms with Gasteiger partial charge >= 0.3 is 6.36 Å². The van der Waals surface area contributed by atoms with E-state index in [-0.39, 0.29) is 29.9 Å². The van der Waals surface area contributed by atoms with Gasteiger partial charge in [-0.15, -0.1) is 13.2 Å². The van der Waals surface area contributed by atoms with Crippen LogP contribution < -0.4 is 9.64 Å². The summed E-state index contributed by atoms with van der Waals surface area (Å²) < 4.78 is 47.9. The first kappa shape index (κ1) is 22.1. The van der Waals surface area contributed by atoms with Crippen LogP contribution in [-0.2, 0) is 11.3 Å². The zero-order valence-corrected chi connectivity index (χ0v) is 17.5. The smallest absolute Gasteiger partial charge is 0.406 e. The SMILES string of the molecule is CCN(C(=O)Cn1cccc1-c1nc(-c2ccc(OC(F)(F)F)cc2)no1)c1ccccc1. The van der Waals surface area contributed by atoms with E-state index in [0.717, 1.165) is 5.69 Å². The summed E-state index contributed by atoms with van der Waals surface area (Å²) in [6.45, 7) is 2.47. The lowest BCUT2D eigenvalue weighted by Gasteiger charge is -2.21. The summed E-state index contributed by atoms with van der Waals surface area (Å²) in [5.74, 6) is -0.0781. The third kappa shape index (κ3) is 5.22. The van der Waals surface area contributed by atoms with Crippen LogP contribution in [0.25, 0.3) is 23.0 Å². The fourth-order valence-electron chi connectivity index (χ4n) is 3.34. The van der Waals surface area contributed by atoms with E-state index in [2.05, 4.69) is 14.9 Å². The molecule has 170 valence electrons.